The highest BCUT2D eigenvalue weighted by atomic mass is 16.3. The van der Waals surface area contributed by atoms with Gasteiger partial charge in [-0.1, -0.05) is 0 Å². The predicted molar refractivity (Wildman–Crippen MR) is 36.5 cm³/mol. The monoisotopic (exact) mass is 140 g/mol. The molecular formula is C8H12O2. The van der Waals surface area contributed by atoms with Crippen LogP contribution in [0.1, 0.15) is 25.7 Å². The molecule has 0 heterocycles. The molecule has 0 amide bonds. The Morgan fingerprint density at radius 3 is 2.20 bits per heavy atom. The molecular weight excluding hydrogens is 128 g/mol. The molecule has 0 aliphatic heterocycles. The van der Waals surface area contributed by atoms with E-state index in [-0.39, 0.29) is 6.10 Å². The number of hydrogen-bond acceptors (Lipinski definition) is 2. The summed E-state index contributed by atoms with van der Waals surface area (Å²) in [5, 5.41) is 9.21. The highest BCUT2D eigenvalue weighted by Crippen LogP contribution is 2.42. The smallest absolute Gasteiger partial charge is 0.133 e. The maximum atomic E-state index is 10.9. The minimum atomic E-state index is -0.108. The molecule has 0 bridgehead atoms. The highest BCUT2D eigenvalue weighted by Gasteiger charge is 2.40. The molecule has 56 valence electrons. The third-order valence-corrected chi connectivity index (χ3v) is 2.80. The molecule has 0 aromatic carbocycles. The fraction of sp³-hybridized carbons (Fsp3) is 0.875. The van der Waals surface area contributed by atoms with Crippen molar-refractivity contribution in [1.82, 2.24) is 0 Å². The summed E-state index contributed by atoms with van der Waals surface area (Å²) >= 11 is 0. The normalized spacial score (nSPS) is 46.1. The Balaban J connectivity index is 2.06. The third-order valence-electron chi connectivity index (χ3n) is 2.80. The topological polar surface area (TPSA) is 37.3 Å². The fourth-order valence-electron chi connectivity index (χ4n) is 2.35. The summed E-state index contributed by atoms with van der Waals surface area (Å²) in [5.74, 6) is 1.46. The van der Waals surface area contributed by atoms with Gasteiger partial charge in [0.05, 0.1) is 6.10 Å². The van der Waals surface area contributed by atoms with E-state index in [2.05, 4.69) is 0 Å². The van der Waals surface area contributed by atoms with Crippen LogP contribution in [0.3, 0.4) is 0 Å². The highest BCUT2D eigenvalue weighted by molar-refractivity contribution is 5.81. The zero-order valence-electron chi connectivity index (χ0n) is 5.92. The molecule has 2 fully saturated rings. The number of carbonyl (C=O) groups is 1. The van der Waals surface area contributed by atoms with Gasteiger partial charge in [-0.3, -0.25) is 4.79 Å². The van der Waals surface area contributed by atoms with E-state index in [1.807, 2.05) is 0 Å². The van der Waals surface area contributed by atoms with Crippen LogP contribution in [0.2, 0.25) is 0 Å². The molecule has 0 spiro atoms. The van der Waals surface area contributed by atoms with Crippen molar-refractivity contribution in [2.75, 3.05) is 0 Å². The third kappa shape index (κ3) is 0.870. The number of ketones is 1. The second kappa shape index (κ2) is 2.06. The first-order valence-corrected chi connectivity index (χ1v) is 3.95. The van der Waals surface area contributed by atoms with Crippen LogP contribution in [0, 0.1) is 11.8 Å². The van der Waals surface area contributed by atoms with Crippen molar-refractivity contribution >= 4 is 5.78 Å². The first-order chi connectivity index (χ1) is 4.75. The molecule has 2 aliphatic rings. The van der Waals surface area contributed by atoms with Gasteiger partial charge in [0, 0.05) is 12.8 Å². The van der Waals surface area contributed by atoms with E-state index in [0.717, 1.165) is 25.7 Å². The average molecular weight is 140 g/mol. The molecule has 2 saturated carbocycles. The van der Waals surface area contributed by atoms with Crippen LogP contribution in [-0.2, 0) is 4.79 Å². The molecule has 0 saturated heterocycles. The van der Waals surface area contributed by atoms with E-state index in [0.29, 0.717) is 17.6 Å². The van der Waals surface area contributed by atoms with Gasteiger partial charge in [0.25, 0.3) is 0 Å². The summed E-state index contributed by atoms with van der Waals surface area (Å²) in [6.07, 6.45) is 3.11. The van der Waals surface area contributed by atoms with Gasteiger partial charge in [-0.15, -0.1) is 0 Å². The van der Waals surface area contributed by atoms with Crippen molar-refractivity contribution < 1.29 is 9.90 Å². The van der Waals surface area contributed by atoms with Crippen LogP contribution < -0.4 is 0 Å². The van der Waals surface area contributed by atoms with E-state index in [4.69, 9.17) is 0 Å². The van der Waals surface area contributed by atoms with Crippen LogP contribution in [0.25, 0.3) is 0 Å². The molecule has 2 heteroatoms. The number of rotatable bonds is 0. The van der Waals surface area contributed by atoms with Crippen molar-refractivity contribution in [3.05, 3.63) is 0 Å². The quantitative estimate of drug-likeness (QED) is 0.538. The van der Waals surface area contributed by atoms with Crippen molar-refractivity contribution in [2.45, 2.75) is 31.8 Å². The minimum Gasteiger partial charge on any atom is -0.393 e. The van der Waals surface area contributed by atoms with Gasteiger partial charge in [0.1, 0.15) is 5.78 Å². The number of aliphatic hydroxyl groups excluding tert-OH is 1. The SMILES string of the molecule is O=C1C[C@@H]2C[C@@H](O)C[C@@H]2C1. The van der Waals surface area contributed by atoms with Gasteiger partial charge in [-0.2, -0.15) is 0 Å². The minimum absolute atomic E-state index is 0.108. The predicted octanol–water partition coefficient (Wildman–Crippen LogP) is 0.736. The molecule has 2 aliphatic carbocycles. The van der Waals surface area contributed by atoms with Gasteiger partial charge in [0.2, 0.25) is 0 Å². The molecule has 0 unspecified atom stereocenters. The lowest BCUT2D eigenvalue weighted by Gasteiger charge is -2.02. The molecule has 1 N–H and O–H groups in total. The summed E-state index contributed by atoms with van der Waals surface area (Å²) in [7, 11) is 0. The Labute approximate surface area is 60.2 Å². The standard InChI is InChI=1S/C8H12O2/c9-7-1-5-2-8(10)4-6(5)3-7/h5-7,9H,1-4H2/t5-,6+,7+. The van der Waals surface area contributed by atoms with E-state index < -0.39 is 0 Å². The second-order valence-corrected chi connectivity index (χ2v) is 3.59. The number of aliphatic hydroxyl groups is 1. The van der Waals surface area contributed by atoms with Gasteiger partial charge >= 0.3 is 0 Å². The summed E-state index contributed by atoms with van der Waals surface area (Å²) in [6.45, 7) is 0. The Bertz CT molecular complexity index is 149. The Morgan fingerprint density at radius 1 is 1.20 bits per heavy atom. The molecule has 0 aromatic rings. The van der Waals surface area contributed by atoms with Gasteiger partial charge in [-0.25, -0.2) is 0 Å². The molecule has 3 atom stereocenters. The van der Waals surface area contributed by atoms with Crippen LogP contribution in [0.5, 0.6) is 0 Å². The fourth-order valence-corrected chi connectivity index (χ4v) is 2.35. The largest absolute Gasteiger partial charge is 0.393 e. The zero-order valence-corrected chi connectivity index (χ0v) is 5.92. The van der Waals surface area contributed by atoms with Crippen LogP contribution in [-0.4, -0.2) is 17.0 Å². The molecule has 2 rings (SSSR count). The zero-order chi connectivity index (χ0) is 7.14. The van der Waals surface area contributed by atoms with Crippen molar-refractivity contribution in [2.24, 2.45) is 11.8 Å². The summed E-state index contributed by atoms with van der Waals surface area (Å²) in [4.78, 5) is 10.9. The van der Waals surface area contributed by atoms with Gasteiger partial charge in [0.15, 0.2) is 0 Å². The first-order valence-electron chi connectivity index (χ1n) is 3.95. The van der Waals surface area contributed by atoms with Crippen LogP contribution >= 0.6 is 0 Å². The maximum absolute atomic E-state index is 10.9. The van der Waals surface area contributed by atoms with Crippen molar-refractivity contribution in [3.63, 3.8) is 0 Å². The van der Waals surface area contributed by atoms with E-state index >= 15 is 0 Å². The molecule has 10 heavy (non-hydrogen) atoms. The van der Waals surface area contributed by atoms with Crippen LogP contribution in [0.15, 0.2) is 0 Å². The molecule has 0 aromatic heterocycles. The van der Waals surface area contributed by atoms with Crippen molar-refractivity contribution in [1.29, 1.82) is 0 Å². The van der Waals surface area contributed by atoms with Gasteiger partial charge < -0.3 is 5.11 Å². The summed E-state index contributed by atoms with van der Waals surface area (Å²) in [5.41, 5.74) is 0. The number of hydrogen-bond donors (Lipinski definition) is 1. The summed E-state index contributed by atoms with van der Waals surface area (Å²) in [6, 6.07) is 0. The molecule has 0 radical (unpaired) electrons. The Hall–Kier alpha value is -0.370. The van der Waals surface area contributed by atoms with Crippen LogP contribution in [0.4, 0.5) is 0 Å². The lowest BCUT2D eigenvalue weighted by Crippen LogP contribution is -2.02. The number of carbonyl (C=O) groups excluding carboxylic acids is 1. The first kappa shape index (κ1) is 6.35. The molecule has 2 nitrogen and oxygen atoms in total. The summed E-state index contributed by atoms with van der Waals surface area (Å²) < 4.78 is 0. The maximum Gasteiger partial charge on any atom is 0.133 e. The Morgan fingerprint density at radius 2 is 1.70 bits per heavy atom. The Kier molecular flexibility index (Phi) is 1.31. The van der Waals surface area contributed by atoms with Crippen molar-refractivity contribution in [3.8, 4) is 0 Å². The second-order valence-electron chi connectivity index (χ2n) is 3.59. The van der Waals surface area contributed by atoms with E-state index in [1.54, 1.807) is 0 Å². The van der Waals surface area contributed by atoms with Gasteiger partial charge in [-0.05, 0) is 24.7 Å². The average Bonchev–Trinajstić information content (AvgIpc) is 2.21. The number of fused-ring (bicyclic) bond motifs is 1. The lowest BCUT2D eigenvalue weighted by molar-refractivity contribution is -0.118. The lowest BCUT2D eigenvalue weighted by atomic mass is 10.0. The van der Waals surface area contributed by atoms with E-state index in [9.17, 15) is 9.90 Å². The number of Topliss-reactive ketones (excluding diaryl/α,β-unsaturated/α-hetero) is 1. The van der Waals surface area contributed by atoms with E-state index in [1.165, 1.54) is 0 Å².